The van der Waals surface area contributed by atoms with Gasteiger partial charge in [0.2, 0.25) is 0 Å². The number of hydrogen-bond donors (Lipinski definition) is 1. The van der Waals surface area contributed by atoms with Crippen LogP contribution in [-0.2, 0) is 4.74 Å². The van der Waals surface area contributed by atoms with E-state index < -0.39 is 0 Å². The molecule has 1 aromatic heterocycles. The third kappa shape index (κ3) is 3.99. The van der Waals surface area contributed by atoms with Crippen molar-refractivity contribution in [3.05, 3.63) is 21.6 Å². The molecule has 0 amide bonds. The molecule has 0 aliphatic rings. The van der Waals surface area contributed by atoms with Crippen LogP contribution >= 0.6 is 11.6 Å². The van der Waals surface area contributed by atoms with Gasteiger partial charge >= 0.3 is 0 Å². The lowest BCUT2D eigenvalue weighted by atomic mass is 10.3. The average Bonchev–Trinajstić information content (AvgIpc) is 2.33. The van der Waals surface area contributed by atoms with Gasteiger partial charge in [0.25, 0.3) is 5.56 Å². The van der Waals surface area contributed by atoms with E-state index in [2.05, 4.69) is 10.4 Å². The molecular weight excluding hydrogens is 254 g/mol. The molecule has 0 fully saturated rings. The molecule has 1 aromatic rings. The van der Waals surface area contributed by atoms with Gasteiger partial charge in [-0.25, -0.2) is 4.68 Å². The Morgan fingerprint density at radius 1 is 1.56 bits per heavy atom. The zero-order chi connectivity index (χ0) is 13.5. The highest BCUT2D eigenvalue weighted by Gasteiger charge is 2.10. The van der Waals surface area contributed by atoms with E-state index in [4.69, 9.17) is 16.3 Å². The normalized spacial score (nSPS) is 10.9. The van der Waals surface area contributed by atoms with Gasteiger partial charge in [0, 0.05) is 19.8 Å². The van der Waals surface area contributed by atoms with E-state index in [1.807, 2.05) is 20.8 Å². The molecule has 0 unspecified atom stereocenters. The Morgan fingerprint density at radius 3 is 2.89 bits per heavy atom. The van der Waals surface area contributed by atoms with Crippen molar-refractivity contribution in [1.29, 1.82) is 0 Å². The molecule has 0 atom stereocenters. The first-order valence-corrected chi connectivity index (χ1v) is 6.54. The highest BCUT2D eigenvalue weighted by Crippen LogP contribution is 2.16. The Balaban J connectivity index is 2.63. The molecule has 0 bridgehead atoms. The van der Waals surface area contributed by atoms with Crippen LogP contribution in [0.25, 0.3) is 0 Å². The minimum absolute atomic E-state index is 0.00186. The summed E-state index contributed by atoms with van der Waals surface area (Å²) < 4.78 is 6.59. The van der Waals surface area contributed by atoms with Gasteiger partial charge in [0.1, 0.15) is 5.02 Å². The first-order chi connectivity index (χ1) is 8.57. The summed E-state index contributed by atoms with van der Waals surface area (Å²) in [6.07, 6.45) is 2.45. The van der Waals surface area contributed by atoms with Crippen LogP contribution in [0.3, 0.4) is 0 Å². The van der Waals surface area contributed by atoms with Crippen LogP contribution in [0.1, 0.15) is 33.2 Å². The number of anilines is 1. The van der Waals surface area contributed by atoms with Gasteiger partial charge in [-0.2, -0.15) is 5.10 Å². The molecule has 0 aliphatic carbocycles. The van der Waals surface area contributed by atoms with Crippen LogP contribution in [0, 0.1) is 0 Å². The van der Waals surface area contributed by atoms with Crippen LogP contribution in [0.5, 0.6) is 0 Å². The molecule has 0 saturated carbocycles. The van der Waals surface area contributed by atoms with E-state index in [9.17, 15) is 4.79 Å². The Morgan fingerprint density at radius 2 is 2.28 bits per heavy atom. The van der Waals surface area contributed by atoms with Crippen molar-refractivity contribution in [3.8, 4) is 0 Å². The van der Waals surface area contributed by atoms with Crippen LogP contribution in [0.4, 0.5) is 5.69 Å². The number of aromatic nitrogens is 2. The van der Waals surface area contributed by atoms with Crippen molar-refractivity contribution in [1.82, 2.24) is 9.78 Å². The summed E-state index contributed by atoms with van der Waals surface area (Å²) in [5.74, 6) is 0. The first kappa shape index (κ1) is 15.0. The second kappa shape index (κ2) is 7.38. The second-order valence-electron chi connectivity index (χ2n) is 4.19. The summed E-state index contributed by atoms with van der Waals surface area (Å²) >= 11 is 6.02. The lowest BCUT2D eigenvalue weighted by Gasteiger charge is -2.12. The minimum Gasteiger partial charge on any atom is -0.382 e. The molecule has 1 heterocycles. The highest BCUT2D eigenvalue weighted by molar-refractivity contribution is 6.32. The number of hydrogen-bond acceptors (Lipinski definition) is 4. The van der Waals surface area contributed by atoms with E-state index in [1.165, 1.54) is 4.68 Å². The Kier molecular flexibility index (Phi) is 6.15. The number of halogens is 1. The SMILES string of the molecule is CCOCCCNc1cnn(C(C)C)c(=O)c1Cl. The molecule has 18 heavy (non-hydrogen) atoms. The third-order valence-electron chi connectivity index (χ3n) is 2.42. The summed E-state index contributed by atoms with van der Waals surface area (Å²) in [5.41, 5.74) is 0.316. The lowest BCUT2D eigenvalue weighted by Crippen LogP contribution is -2.26. The maximum absolute atomic E-state index is 11.9. The van der Waals surface area contributed by atoms with Crippen LogP contribution in [0.2, 0.25) is 5.02 Å². The summed E-state index contributed by atoms with van der Waals surface area (Å²) in [4.78, 5) is 11.9. The van der Waals surface area contributed by atoms with Gasteiger partial charge in [0.05, 0.1) is 17.9 Å². The number of nitrogens with one attached hydrogen (secondary N) is 1. The van der Waals surface area contributed by atoms with Crippen molar-refractivity contribution in [3.63, 3.8) is 0 Å². The van der Waals surface area contributed by atoms with Crippen LogP contribution in [0.15, 0.2) is 11.0 Å². The smallest absolute Gasteiger partial charge is 0.287 e. The van der Waals surface area contributed by atoms with Gasteiger partial charge in [-0.3, -0.25) is 4.79 Å². The largest absolute Gasteiger partial charge is 0.382 e. The average molecular weight is 274 g/mol. The fourth-order valence-corrected chi connectivity index (χ4v) is 1.68. The fourth-order valence-electron chi connectivity index (χ4n) is 1.48. The zero-order valence-corrected chi connectivity index (χ0v) is 11.8. The standard InChI is InChI=1S/C12H20ClN3O2/c1-4-18-7-5-6-14-10-8-15-16(9(2)3)12(17)11(10)13/h8-9,14H,4-7H2,1-3H3. The van der Waals surface area contributed by atoms with Gasteiger partial charge in [0.15, 0.2) is 0 Å². The fraction of sp³-hybridized carbons (Fsp3) is 0.667. The molecule has 102 valence electrons. The molecule has 0 aromatic carbocycles. The maximum Gasteiger partial charge on any atom is 0.287 e. The maximum atomic E-state index is 11.9. The monoisotopic (exact) mass is 273 g/mol. The predicted octanol–water partition coefficient (Wildman–Crippen LogP) is 2.32. The van der Waals surface area contributed by atoms with E-state index in [0.717, 1.165) is 6.42 Å². The summed E-state index contributed by atoms with van der Waals surface area (Å²) in [5, 5.41) is 7.36. The Hall–Kier alpha value is -1.07. The van der Waals surface area contributed by atoms with E-state index >= 15 is 0 Å². The number of rotatable bonds is 7. The third-order valence-corrected chi connectivity index (χ3v) is 2.78. The zero-order valence-electron chi connectivity index (χ0n) is 11.1. The molecule has 5 nitrogen and oxygen atoms in total. The predicted molar refractivity (Wildman–Crippen MR) is 73.5 cm³/mol. The molecule has 0 aliphatic heterocycles. The number of ether oxygens (including phenoxy) is 1. The van der Waals surface area contributed by atoms with E-state index in [-0.39, 0.29) is 16.6 Å². The van der Waals surface area contributed by atoms with Gasteiger partial charge < -0.3 is 10.1 Å². The van der Waals surface area contributed by atoms with E-state index in [0.29, 0.717) is 25.4 Å². The lowest BCUT2D eigenvalue weighted by molar-refractivity contribution is 0.147. The van der Waals surface area contributed by atoms with Crippen molar-refractivity contribution in [2.45, 2.75) is 33.2 Å². The molecule has 1 N–H and O–H groups in total. The van der Waals surface area contributed by atoms with Crippen molar-refractivity contribution < 1.29 is 4.74 Å². The molecule has 6 heteroatoms. The summed E-state index contributed by atoms with van der Waals surface area (Å²) in [6.45, 7) is 7.84. The van der Waals surface area contributed by atoms with Crippen LogP contribution in [-0.4, -0.2) is 29.5 Å². The van der Waals surface area contributed by atoms with Crippen LogP contribution < -0.4 is 10.9 Å². The van der Waals surface area contributed by atoms with Crippen molar-refractivity contribution in [2.75, 3.05) is 25.1 Å². The minimum atomic E-state index is -0.263. The second-order valence-corrected chi connectivity index (χ2v) is 4.57. The van der Waals surface area contributed by atoms with Gasteiger partial charge in [-0.1, -0.05) is 11.6 Å². The highest BCUT2D eigenvalue weighted by atomic mass is 35.5. The van der Waals surface area contributed by atoms with Gasteiger partial charge in [-0.05, 0) is 27.2 Å². The van der Waals surface area contributed by atoms with Crippen molar-refractivity contribution in [2.24, 2.45) is 0 Å². The van der Waals surface area contributed by atoms with E-state index in [1.54, 1.807) is 6.20 Å². The molecule has 0 spiro atoms. The summed E-state index contributed by atoms with van der Waals surface area (Å²) in [6, 6.07) is 0.00186. The first-order valence-electron chi connectivity index (χ1n) is 6.16. The molecule has 0 saturated heterocycles. The Bertz CT molecular complexity index is 432. The summed E-state index contributed by atoms with van der Waals surface area (Å²) in [7, 11) is 0. The molecular formula is C12H20ClN3O2. The molecule has 0 radical (unpaired) electrons. The van der Waals surface area contributed by atoms with Gasteiger partial charge in [-0.15, -0.1) is 0 Å². The number of nitrogens with zero attached hydrogens (tertiary/aromatic N) is 2. The van der Waals surface area contributed by atoms with Crippen molar-refractivity contribution >= 4 is 17.3 Å². The Labute approximate surface area is 112 Å². The quantitative estimate of drug-likeness (QED) is 0.775. The molecule has 1 rings (SSSR count). The topological polar surface area (TPSA) is 56.1 Å².